The Kier molecular flexibility index (Phi) is 8.63. The van der Waals surface area contributed by atoms with Crippen LogP contribution in [0.4, 0.5) is 5.69 Å². The number of nitrogens with one attached hydrogen (secondary N) is 2. The van der Waals surface area contributed by atoms with E-state index in [-0.39, 0.29) is 22.2 Å². The van der Waals surface area contributed by atoms with Crippen molar-refractivity contribution < 1.29 is 9.59 Å². The third kappa shape index (κ3) is 6.75. The first kappa shape index (κ1) is 20.9. The average molecular weight is 432 g/mol. The van der Waals surface area contributed by atoms with E-state index in [1.165, 1.54) is 34.9 Å². The fourth-order valence-electron chi connectivity index (χ4n) is 1.66. The largest absolute Gasteiger partial charge is 0.355 e. The van der Waals surface area contributed by atoms with Crippen molar-refractivity contribution in [1.29, 1.82) is 0 Å². The molecule has 0 fully saturated rings. The Hall–Kier alpha value is -1.36. The van der Waals surface area contributed by atoms with E-state index in [0.717, 1.165) is 6.42 Å². The van der Waals surface area contributed by atoms with Gasteiger partial charge in [0, 0.05) is 12.7 Å². The molecule has 0 bridgehead atoms. The number of pyridine rings is 1. The minimum Gasteiger partial charge on any atom is -0.355 e. The maximum Gasteiger partial charge on any atom is 0.237 e. The van der Waals surface area contributed by atoms with E-state index in [1.54, 1.807) is 25.3 Å². The number of hydrogen-bond donors (Lipinski definition) is 2. The van der Waals surface area contributed by atoms with Gasteiger partial charge in [-0.2, -0.15) is 0 Å². The van der Waals surface area contributed by atoms with Crippen molar-refractivity contribution in [3.63, 3.8) is 0 Å². The zero-order valence-electron chi connectivity index (χ0n) is 14.2. The number of hydrogen-bond acceptors (Lipinski definition) is 8. The van der Waals surface area contributed by atoms with E-state index < -0.39 is 0 Å². The molecule has 26 heavy (non-hydrogen) atoms. The Morgan fingerprint density at radius 1 is 1.35 bits per heavy atom. The lowest BCUT2D eigenvalue weighted by Crippen LogP contribution is -2.25. The number of thioether (sulfide) groups is 2. The number of nitrogens with zero attached hydrogens (tertiary/aromatic N) is 3. The zero-order valence-corrected chi connectivity index (χ0v) is 17.4. The maximum absolute atomic E-state index is 12.3. The van der Waals surface area contributed by atoms with Crippen molar-refractivity contribution in [2.45, 2.75) is 34.2 Å². The summed E-state index contributed by atoms with van der Waals surface area (Å²) in [6.45, 7) is 4.45. The van der Waals surface area contributed by atoms with Crippen LogP contribution in [0, 0.1) is 0 Å². The molecule has 11 heteroatoms. The van der Waals surface area contributed by atoms with Crippen LogP contribution in [0.3, 0.4) is 0 Å². The van der Waals surface area contributed by atoms with Crippen LogP contribution in [0.25, 0.3) is 0 Å². The van der Waals surface area contributed by atoms with Crippen molar-refractivity contribution in [1.82, 2.24) is 20.5 Å². The normalized spacial score (nSPS) is 11.8. The summed E-state index contributed by atoms with van der Waals surface area (Å²) in [4.78, 5) is 27.8. The summed E-state index contributed by atoms with van der Waals surface area (Å²) in [6.07, 6.45) is 2.46. The zero-order chi connectivity index (χ0) is 18.9. The second kappa shape index (κ2) is 10.7. The summed E-state index contributed by atoms with van der Waals surface area (Å²) in [6, 6.07) is 3.39. The van der Waals surface area contributed by atoms with Crippen LogP contribution >= 0.6 is 46.5 Å². The van der Waals surface area contributed by atoms with Crippen LogP contribution in [-0.4, -0.2) is 44.5 Å². The molecule has 0 aliphatic rings. The first-order valence-corrected chi connectivity index (χ1v) is 10.9. The Bertz CT molecular complexity index is 758. The lowest BCUT2D eigenvalue weighted by atomic mass is 10.4. The molecule has 2 N–H and O–H groups in total. The van der Waals surface area contributed by atoms with E-state index in [1.807, 2.05) is 6.92 Å². The highest BCUT2D eigenvalue weighted by Crippen LogP contribution is 2.31. The molecule has 0 aliphatic carbocycles. The van der Waals surface area contributed by atoms with Crippen LogP contribution < -0.4 is 10.6 Å². The van der Waals surface area contributed by atoms with E-state index in [4.69, 9.17) is 11.6 Å². The number of aromatic nitrogens is 3. The molecule has 1 atom stereocenters. The molecule has 2 aromatic heterocycles. The summed E-state index contributed by atoms with van der Waals surface area (Å²) in [5, 5.41) is 13.5. The second-order valence-corrected chi connectivity index (χ2v) is 9.21. The molecule has 0 spiro atoms. The molecule has 0 saturated heterocycles. The van der Waals surface area contributed by atoms with Crippen molar-refractivity contribution in [3.8, 4) is 0 Å². The summed E-state index contributed by atoms with van der Waals surface area (Å²) < 4.78 is 1.36. The predicted octanol–water partition coefficient (Wildman–Crippen LogP) is 3.32. The highest BCUT2D eigenvalue weighted by atomic mass is 35.5. The topological polar surface area (TPSA) is 96.9 Å². The minimum absolute atomic E-state index is 0.0256. The van der Waals surface area contributed by atoms with Crippen LogP contribution in [0.15, 0.2) is 27.0 Å². The molecular formula is C15H18ClN5O2S3. The van der Waals surface area contributed by atoms with E-state index >= 15 is 0 Å². The SMILES string of the molecule is CCCNC(=O)CSc1nnc(SC(C)C(=O)Nc2cccnc2Cl)s1. The van der Waals surface area contributed by atoms with Crippen molar-refractivity contribution in [3.05, 3.63) is 23.5 Å². The highest BCUT2D eigenvalue weighted by molar-refractivity contribution is 8.04. The second-order valence-electron chi connectivity index (χ2n) is 5.06. The summed E-state index contributed by atoms with van der Waals surface area (Å²) in [5.41, 5.74) is 0.471. The number of anilines is 1. The summed E-state index contributed by atoms with van der Waals surface area (Å²) in [7, 11) is 0. The van der Waals surface area contributed by atoms with Gasteiger partial charge in [0.2, 0.25) is 11.8 Å². The smallest absolute Gasteiger partial charge is 0.237 e. The molecule has 1 unspecified atom stereocenters. The van der Waals surface area contributed by atoms with Gasteiger partial charge in [-0.3, -0.25) is 9.59 Å². The summed E-state index contributed by atoms with van der Waals surface area (Å²) in [5.74, 6) is 0.0741. The molecule has 2 aromatic rings. The van der Waals surface area contributed by atoms with Crippen LogP contribution in [0.2, 0.25) is 5.15 Å². The van der Waals surface area contributed by atoms with Crippen LogP contribution in [-0.2, 0) is 9.59 Å². The maximum atomic E-state index is 12.3. The molecule has 0 aromatic carbocycles. The minimum atomic E-state index is -0.384. The van der Waals surface area contributed by atoms with Crippen LogP contribution in [0.1, 0.15) is 20.3 Å². The molecule has 2 amide bonds. The first-order chi connectivity index (χ1) is 12.5. The van der Waals surface area contributed by atoms with Crippen molar-refractivity contribution >= 4 is 64.0 Å². The van der Waals surface area contributed by atoms with Crippen molar-refractivity contribution in [2.24, 2.45) is 0 Å². The molecule has 0 radical (unpaired) electrons. The molecular weight excluding hydrogens is 414 g/mol. The molecule has 2 rings (SSSR count). The highest BCUT2D eigenvalue weighted by Gasteiger charge is 2.18. The quantitative estimate of drug-likeness (QED) is 0.464. The van der Waals surface area contributed by atoms with Gasteiger partial charge in [0.15, 0.2) is 13.8 Å². The Labute approximate surface area is 169 Å². The molecule has 140 valence electrons. The van der Waals surface area contributed by atoms with Crippen molar-refractivity contribution in [2.75, 3.05) is 17.6 Å². The lowest BCUT2D eigenvalue weighted by molar-refractivity contribution is -0.118. The van der Waals surface area contributed by atoms with Gasteiger partial charge in [0.1, 0.15) is 0 Å². The van der Waals surface area contributed by atoms with Gasteiger partial charge in [-0.1, -0.05) is 53.4 Å². The predicted molar refractivity (Wildman–Crippen MR) is 107 cm³/mol. The third-order valence-corrected chi connectivity index (χ3v) is 6.49. The van der Waals surface area contributed by atoms with Gasteiger partial charge in [-0.25, -0.2) is 4.98 Å². The average Bonchev–Trinajstić information content (AvgIpc) is 3.07. The van der Waals surface area contributed by atoms with E-state index in [2.05, 4.69) is 25.8 Å². The summed E-state index contributed by atoms with van der Waals surface area (Å²) >= 11 is 9.93. The van der Waals surface area contributed by atoms with Gasteiger partial charge >= 0.3 is 0 Å². The van der Waals surface area contributed by atoms with E-state index in [0.29, 0.717) is 26.7 Å². The number of carbonyl (C=O) groups is 2. The fraction of sp³-hybridized carbons (Fsp3) is 0.400. The first-order valence-electron chi connectivity index (χ1n) is 7.80. The standard InChI is InChI=1S/C15H18ClN5O2S3/c1-3-6-17-11(22)8-24-14-20-21-15(26-14)25-9(2)13(23)19-10-5-4-7-18-12(10)16/h4-5,7,9H,3,6,8H2,1-2H3,(H,17,22)(H,19,23). The molecule has 2 heterocycles. The fourth-order valence-corrected chi connectivity index (χ4v) is 4.82. The van der Waals surface area contributed by atoms with Gasteiger partial charge in [0.25, 0.3) is 0 Å². The molecule has 7 nitrogen and oxygen atoms in total. The Morgan fingerprint density at radius 3 is 2.85 bits per heavy atom. The Morgan fingerprint density at radius 2 is 2.12 bits per heavy atom. The van der Waals surface area contributed by atoms with Gasteiger partial charge in [0.05, 0.1) is 16.7 Å². The number of carbonyl (C=O) groups excluding carboxylic acids is 2. The van der Waals surface area contributed by atoms with Crippen LogP contribution in [0.5, 0.6) is 0 Å². The number of rotatable bonds is 9. The molecule has 0 saturated carbocycles. The third-order valence-electron chi connectivity index (χ3n) is 2.95. The van der Waals surface area contributed by atoms with Gasteiger partial charge in [-0.15, -0.1) is 10.2 Å². The van der Waals surface area contributed by atoms with Gasteiger partial charge < -0.3 is 10.6 Å². The van der Waals surface area contributed by atoms with E-state index in [9.17, 15) is 9.59 Å². The Balaban J connectivity index is 1.83. The monoisotopic (exact) mass is 431 g/mol. The number of halogens is 1. The lowest BCUT2D eigenvalue weighted by Gasteiger charge is -2.10. The van der Waals surface area contributed by atoms with Gasteiger partial charge in [-0.05, 0) is 25.5 Å². The number of amides is 2. The molecule has 0 aliphatic heterocycles.